The topological polar surface area (TPSA) is 49.8 Å². The molecule has 5 heteroatoms. The van der Waals surface area contributed by atoms with Gasteiger partial charge < -0.3 is 5.73 Å². The summed E-state index contributed by atoms with van der Waals surface area (Å²) in [6, 6.07) is 2.14. The van der Waals surface area contributed by atoms with E-state index >= 15 is 0 Å². The van der Waals surface area contributed by atoms with E-state index in [4.69, 9.17) is 22.6 Å². The Bertz CT molecular complexity index is 605. The van der Waals surface area contributed by atoms with E-state index in [-0.39, 0.29) is 0 Å². The van der Waals surface area contributed by atoms with Crippen LogP contribution in [0, 0.1) is 18.3 Å². The Hall–Kier alpha value is -1.02. The average molecular weight is 283 g/mol. The molecule has 0 amide bonds. The fraction of sp³-hybridized carbons (Fsp3) is 0.250. The van der Waals surface area contributed by atoms with Crippen molar-refractivity contribution in [2.24, 2.45) is 0 Å². The minimum atomic E-state index is 0.582. The van der Waals surface area contributed by atoms with Gasteiger partial charge in [0.15, 0.2) is 0 Å². The van der Waals surface area contributed by atoms with E-state index in [1.807, 2.05) is 19.2 Å². The standard InChI is InChI=1S/C12H11ClN2S2/c1-3-7-10(15)8(4-14)17-11(7)12-9(13)6(2)5-16-12/h5H,3,15H2,1-2H3. The van der Waals surface area contributed by atoms with Gasteiger partial charge in [-0.2, -0.15) is 5.26 Å². The summed E-state index contributed by atoms with van der Waals surface area (Å²) in [5.74, 6) is 0. The summed E-state index contributed by atoms with van der Waals surface area (Å²) in [7, 11) is 0. The lowest BCUT2D eigenvalue weighted by molar-refractivity contribution is 1.16. The van der Waals surface area contributed by atoms with Crippen molar-refractivity contribution in [2.75, 3.05) is 5.73 Å². The van der Waals surface area contributed by atoms with Gasteiger partial charge in [-0.15, -0.1) is 22.7 Å². The number of thiophene rings is 2. The van der Waals surface area contributed by atoms with Gasteiger partial charge in [-0.05, 0) is 29.9 Å². The molecular weight excluding hydrogens is 272 g/mol. The molecule has 0 spiro atoms. The molecule has 2 aromatic heterocycles. The molecule has 17 heavy (non-hydrogen) atoms. The van der Waals surface area contributed by atoms with Crippen LogP contribution in [0.2, 0.25) is 5.02 Å². The highest BCUT2D eigenvalue weighted by Gasteiger charge is 2.19. The first kappa shape index (κ1) is 12.4. The van der Waals surface area contributed by atoms with Crippen LogP contribution in [-0.2, 0) is 6.42 Å². The van der Waals surface area contributed by atoms with Gasteiger partial charge in [0, 0.05) is 0 Å². The van der Waals surface area contributed by atoms with Gasteiger partial charge >= 0.3 is 0 Å². The number of nitrogen functional groups attached to an aromatic ring is 1. The van der Waals surface area contributed by atoms with Crippen LogP contribution in [0.15, 0.2) is 5.38 Å². The zero-order valence-electron chi connectivity index (χ0n) is 9.50. The van der Waals surface area contributed by atoms with Crippen LogP contribution in [0.3, 0.4) is 0 Å². The van der Waals surface area contributed by atoms with Crippen LogP contribution in [-0.4, -0.2) is 0 Å². The molecule has 2 heterocycles. The van der Waals surface area contributed by atoms with Gasteiger partial charge in [0.1, 0.15) is 10.9 Å². The Morgan fingerprint density at radius 3 is 2.65 bits per heavy atom. The summed E-state index contributed by atoms with van der Waals surface area (Å²) in [4.78, 5) is 2.66. The Kier molecular flexibility index (Phi) is 3.43. The second-order valence-electron chi connectivity index (χ2n) is 3.68. The molecule has 0 atom stereocenters. The predicted molar refractivity (Wildman–Crippen MR) is 75.9 cm³/mol. The average Bonchev–Trinajstić information content (AvgIpc) is 2.81. The molecule has 2 nitrogen and oxygen atoms in total. The van der Waals surface area contributed by atoms with E-state index in [9.17, 15) is 0 Å². The van der Waals surface area contributed by atoms with Crippen molar-refractivity contribution in [1.82, 2.24) is 0 Å². The summed E-state index contributed by atoms with van der Waals surface area (Å²) >= 11 is 9.31. The summed E-state index contributed by atoms with van der Waals surface area (Å²) < 4.78 is 0. The maximum atomic E-state index is 9.02. The smallest absolute Gasteiger partial charge is 0.128 e. The number of hydrogen-bond donors (Lipinski definition) is 1. The van der Waals surface area contributed by atoms with Crippen LogP contribution < -0.4 is 5.73 Å². The molecule has 0 saturated heterocycles. The van der Waals surface area contributed by atoms with E-state index in [1.54, 1.807) is 11.3 Å². The molecule has 0 fully saturated rings. The van der Waals surface area contributed by atoms with Gasteiger partial charge in [-0.25, -0.2) is 0 Å². The highest BCUT2D eigenvalue weighted by Crippen LogP contribution is 2.45. The first-order valence-corrected chi connectivity index (χ1v) is 7.22. The van der Waals surface area contributed by atoms with Crippen LogP contribution in [0.4, 0.5) is 5.69 Å². The number of hydrogen-bond acceptors (Lipinski definition) is 4. The molecule has 0 aliphatic rings. The van der Waals surface area contributed by atoms with E-state index in [0.29, 0.717) is 10.6 Å². The molecular formula is C12H11ClN2S2. The molecule has 2 aromatic rings. The SMILES string of the molecule is CCc1c(-c2scc(C)c2Cl)sc(C#N)c1N. The number of rotatable bonds is 2. The molecule has 0 bridgehead atoms. The number of anilines is 1. The Labute approximate surface area is 113 Å². The summed E-state index contributed by atoms with van der Waals surface area (Å²) in [6.07, 6.45) is 0.812. The van der Waals surface area contributed by atoms with Gasteiger partial charge in [0.2, 0.25) is 0 Å². The number of aryl methyl sites for hydroxylation is 1. The zero-order chi connectivity index (χ0) is 12.6. The Morgan fingerprint density at radius 1 is 1.47 bits per heavy atom. The third kappa shape index (κ3) is 1.95. The minimum absolute atomic E-state index is 0.582. The monoisotopic (exact) mass is 282 g/mol. The van der Waals surface area contributed by atoms with E-state index < -0.39 is 0 Å². The van der Waals surface area contributed by atoms with Crippen molar-refractivity contribution in [3.05, 3.63) is 26.4 Å². The first-order valence-electron chi connectivity index (χ1n) is 5.15. The lowest BCUT2D eigenvalue weighted by Crippen LogP contribution is -1.91. The molecule has 0 saturated carbocycles. The quantitative estimate of drug-likeness (QED) is 0.884. The molecule has 2 N–H and O–H groups in total. The van der Waals surface area contributed by atoms with Gasteiger partial charge in [0.25, 0.3) is 0 Å². The van der Waals surface area contributed by atoms with Crippen LogP contribution in [0.1, 0.15) is 22.9 Å². The van der Waals surface area contributed by atoms with Crippen molar-refractivity contribution in [1.29, 1.82) is 5.26 Å². The fourth-order valence-electron chi connectivity index (χ4n) is 1.68. The zero-order valence-corrected chi connectivity index (χ0v) is 11.9. The van der Waals surface area contributed by atoms with Crippen LogP contribution in [0.25, 0.3) is 9.75 Å². The number of nitriles is 1. The predicted octanol–water partition coefficient (Wildman–Crippen LogP) is 4.45. The molecule has 88 valence electrons. The summed E-state index contributed by atoms with van der Waals surface area (Å²) in [5.41, 5.74) is 8.68. The second-order valence-corrected chi connectivity index (χ2v) is 5.96. The maximum Gasteiger partial charge on any atom is 0.128 e. The number of halogens is 1. The van der Waals surface area contributed by atoms with Crippen molar-refractivity contribution in [2.45, 2.75) is 20.3 Å². The van der Waals surface area contributed by atoms with Gasteiger partial charge in [0.05, 0.1) is 20.5 Å². The van der Waals surface area contributed by atoms with Crippen LogP contribution in [0.5, 0.6) is 0 Å². The van der Waals surface area contributed by atoms with Gasteiger partial charge in [-0.3, -0.25) is 0 Å². The minimum Gasteiger partial charge on any atom is -0.397 e. The lowest BCUT2D eigenvalue weighted by Gasteiger charge is -2.00. The molecule has 0 radical (unpaired) electrons. The van der Waals surface area contributed by atoms with E-state index in [1.165, 1.54) is 11.3 Å². The maximum absolute atomic E-state index is 9.02. The van der Waals surface area contributed by atoms with Crippen LogP contribution >= 0.6 is 34.3 Å². The van der Waals surface area contributed by atoms with E-state index in [0.717, 1.165) is 32.3 Å². The normalized spacial score (nSPS) is 10.5. The first-order chi connectivity index (χ1) is 8.10. The van der Waals surface area contributed by atoms with Gasteiger partial charge in [-0.1, -0.05) is 18.5 Å². The lowest BCUT2D eigenvalue weighted by atomic mass is 10.1. The highest BCUT2D eigenvalue weighted by molar-refractivity contribution is 7.22. The van der Waals surface area contributed by atoms with Crippen molar-refractivity contribution < 1.29 is 0 Å². The fourth-order valence-corrected chi connectivity index (χ4v) is 4.31. The molecule has 2 rings (SSSR count). The number of nitrogens with two attached hydrogens (primary N) is 1. The van der Waals surface area contributed by atoms with Crippen molar-refractivity contribution in [3.8, 4) is 15.8 Å². The van der Waals surface area contributed by atoms with E-state index in [2.05, 4.69) is 6.07 Å². The molecule has 0 aliphatic carbocycles. The highest BCUT2D eigenvalue weighted by atomic mass is 35.5. The molecule has 0 aromatic carbocycles. The third-order valence-electron chi connectivity index (χ3n) is 2.61. The Balaban J connectivity index is 2.68. The molecule has 0 aliphatic heterocycles. The summed E-state index contributed by atoms with van der Waals surface area (Å²) in [5, 5.41) is 11.8. The Morgan fingerprint density at radius 2 is 2.18 bits per heavy atom. The van der Waals surface area contributed by atoms with Crippen molar-refractivity contribution >= 4 is 40.0 Å². The third-order valence-corrected chi connectivity index (χ3v) is 5.62. The molecule has 0 unspecified atom stereocenters. The summed E-state index contributed by atoms with van der Waals surface area (Å²) in [6.45, 7) is 4.02. The van der Waals surface area contributed by atoms with Crippen molar-refractivity contribution in [3.63, 3.8) is 0 Å². The largest absolute Gasteiger partial charge is 0.397 e. The second kappa shape index (κ2) is 4.69. The number of nitrogens with zero attached hydrogens (tertiary/aromatic N) is 1.